The third-order valence-corrected chi connectivity index (χ3v) is 8.93. The van der Waals surface area contributed by atoms with E-state index in [0.717, 1.165) is 61.2 Å². The zero-order chi connectivity index (χ0) is 29.8. The van der Waals surface area contributed by atoms with Crippen molar-refractivity contribution in [1.29, 1.82) is 0 Å². The van der Waals surface area contributed by atoms with Crippen LogP contribution in [0.2, 0.25) is 0 Å². The van der Waals surface area contributed by atoms with Gasteiger partial charge in [0.2, 0.25) is 0 Å². The van der Waals surface area contributed by atoms with E-state index in [2.05, 4.69) is 65.3 Å². The molecule has 2 heterocycles. The van der Waals surface area contributed by atoms with Crippen LogP contribution in [0, 0.1) is 5.92 Å². The Morgan fingerprint density at radius 1 is 0.907 bits per heavy atom. The second-order valence-electron chi connectivity index (χ2n) is 12.0. The van der Waals surface area contributed by atoms with Crippen molar-refractivity contribution in [2.24, 2.45) is 5.92 Å². The predicted molar refractivity (Wildman–Crippen MR) is 175 cm³/mol. The van der Waals surface area contributed by atoms with Gasteiger partial charge >= 0.3 is 0 Å². The molecule has 0 radical (unpaired) electrons. The molecule has 0 aromatic heterocycles. The monoisotopic (exact) mass is 568 g/mol. The second-order valence-corrected chi connectivity index (χ2v) is 12.0. The number of nitrogens with one attached hydrogen (secondary N) is 1. The van der Waals surface area contributed by atoms with Gasteiger partial charge < -0.3 is 10.2 Å². The van der Waals surface area contributed by atoms with Gasteiger partial charge in [0, 0.05) is 42.4 Å². The molecule has 0 unspecified atom stereocenters. The molecule has 3 aromatic carbocycles. The van der Waals surface area contributed by atoms with Gasteiger partial charge in [-0.1, -0.05) is 85.5 Å². The Morgan fingerprint density at radius 3 is 2.26 bits per heavy atom. The largest absolute Gasteiger partial charge is 0.371 e. The van der Waals surface area contributed by atoms with E-state index in [4.69, 9.17) is 0 Å². The van der Waals surface area contributed by atoms with E-state index >= 15 is 0 Å². The Bertz CT molecular complexity index is 1610. The van der Waals surface area contributed by atoms with Crippen LogP contribution < -0.4 is 5.32 Å². The molecule has 3 aromatic rings. The van der Waals surface area contributed by atoms with Crippen LogP contribution in [0.15, 0.2) is 114 Å². The van der Waals surface area contributed by atoms with E-state index in [9.17, 15) is 9.59 Å². The maximum absolute atomic E-state index is 13.0. The lowest BCUT2D eigenvalue weighted by Gasteiger charge is -2.36. The summed E-state index contributed by atoms with van der Waals surface area (Å²) in [7, 11) is 0. The summed E-state index contributed by atoms with van der Waals surface area (Å²) >= 11 is 0. The minimum absolute atomic E-state index is 0.0343. The Morgan fingerprint density at radius 2 is 1.58 bits per heavy atom. The van der Waals surface area contributed by atoms with Crippen molar-refractivity contribution in [2.75, 3.05) is 13.1 Å². The SMILES string of the molecule is C=C1C=C(C2CCN(C(=C3CC3)c3ccc(CC/C=C(/Cc4ccccc4)C(C)=O)cc3)CC2)NC(=O)c2ccccc21. The van der Waals surface area contributed by atoms with Gasteiger partial charge in [0.05, 0.1) is 0 Å². The number of carbonyl (C=O) groups excluding carboxylic acids is 2. The van der Waals surface area contributed by atoms with Crippen LogP contribution in [0.3, 0.4) is 0 Å². The summed E-state index contributed by atoms with van der Waals surface area (Å²) in [4.78, 5) is 27.7. The van der Waals surface area contributed by atoms with Crippen molar-refractivity contribution in [2.45, 2.75) is 51.9 Å². The molecule has 4 heteroatoms. The standard InChI is InChI=1S/C39H40N2O2/c1-27-25-37(40-39(43)36-14-7-6-13-35(27)36)31-21-23-41(24-22-31)38(33-19-20-33)32-17-15-29(16-18-32)11-8-12-34(28(2)42)26-30-9-4-3-5-10-30/h3-7,9-10,12-18,25,31H,1,8,11,19-24,26H2,2H3,(H,40,43)/b34-12-. The van der Waals surface area contributed by atoms with Crippen LogP contribution in [0.5, 0.6) is 0 Å². The fourth-order valence-electron chi connectivity index (χ4n) is 6.40. The molecule has 3 aliphatic rings. The van der Waals surface area contributed by atoms with Crippen molar-refractivity contribution in [3.63, 3.8) is 0 Å². The average Bonchev–Trinajstić information content (AvgIpc) is 3.88. The van der Waals surface area contributed by atoms with Crippen molar-refractivity contribution in [3.05, 3.63) is 142 Å². The van der Waals surface area contributed by atoms with Crippen molar-refractivity contribution < 1.29 is 9.59 Å². The maximum atomic E-state index is 13.0. The van der Waals surface area contributed by atoms with Crippen LogP contribution >= 0.6 is 0 Å². The van der Waals surface area contributed by atoms with E-state index in [1.165, 1.54) is 35.2 Å². The molecule has 6 rings (SSSR count). The fourth-order valence-corrected chi connectivity index (χ4v) is 6.40. The topological polar surface area (TPSA) is 49.4 Å². The summed E-state index contributed by atoms with van der Waals surface area (Å²) < 4.78 is 0. The van der Waals surface area contributed by atoms with Crippen molar-refractivity contribution in [3.8, 4) is 0 Å². The highest BCUT2D eigenvalue weighted by atomic mass is 16.1. The molecule has 43 heavy (non-hydrogen) atoms. The minimum atomic E-state index is -0.0343. The molecule has 4 nitrogen and oxygen atoms in total. The van der Waals surface area contributed by atoms with Gasteiger partial charge in [-0.2, -0.15) is 0 Å². The van der Waals surface area contributed by atoms with E-state index < -0.39 is 0 Å². The zero-order valence-electron chi connectivity index (χ0n) is 25.1. The first kappa shape index (κ1) is 28.7. The Kier molecular flexibility index (Phi) is 8.55. The molecular formula is C39H40N2O2. The molecule has 2 aliphatic heterocycles. The average molecular weight is 569 g/mol. The van der Waals surface area contributed by atoms with Crippen LogP contribution in [0.1, 0.15) is 71.6 Å². The highest BCUT2D eigenvalue weighted by Crippen LogP contribution is 2.41. The smallest absolute Gasteiger partial charge is 0.256 e. The van der Waals surface area contributed by atoms with Gasteiger partial charge in [-0.05, 0) is 96.6 Å². The number of ketones is 1. The Hall–Kier alpha value is -4.44. The lowest BCUT2D eigenvalue weighted by molar-refractivity contribution is -0.113. The molecule has 0 atom stereocenters. The first-order valence-corrected chi connectivity index (χ1v) is 15.6. The van der Waals surface area contributed by atoms with Gasteiger partial charge in [0.25, 0.3) is 5.91 Å². The lowest BCUT2D eigenvalue weighted by Crippen LogP contribution is -2.36. The molecule has 0 spiro atoms. The summed E-state index contributed by atoms with van der Waals surface area (Å²) in [5.41, 5.74) is 11.1. The zero-order valence-corrected chi connectivity index (χ0v) is 25.1. The number of fused-ring (bicyclic) bond motifs is 1. The number of rotatable bonds is 9. The number of Topliss-reactive ketones (excluding diaryl/α,β-unsaturated/α-hetero) is 1. The van der Waals surface area contributed by atoms with Gasteiger partial charge in [-0.3, -0.25) is 9.59 Å². The van der Waals surface area contributed by atoms with Crippen LogP contribution in [0.25, 0.3) is 11.3 Å². The molecule has 1 amide bonds. The fraction of sp³-hybridized carbons (Fsp3) is 0.282. The van der Waals surface area contributed by atoms with Crippen LogP contribution in [-0.2, 0) is 17.6 Å². The van der Waals surface area contributed by atoms with Crippen LogP contribution in [0.4, 0.5) is 0 Å². The molecule has 2 fully saturated rings. The number of hydrogen-bond donors (Lipinski definition) is 1. The van der Waals surface area contributed by atoms with Gasteiger partial charge in [0.15, 0.2) is 5.78 Å². The van der Waals surface area contributed by atoms with Gasteiger partial charge in [-0.15, -0.1) is 0 Å². The van der Waals surface area contributed by atoms with Crippen LogP contribution in [-0.4, -0.2) is 29.7 Å². The quantitative estimate of drug-likeness (QED) is 0.267. The summed E-state index contributed by atoms with van der Waals surface area (Å²) in [5.74, 6) is 0.429. The number of hydrogen-bond acceptors (Lipinski definition) is 3. The Labute approximate surface area is 255 Å². The van der Waals surface area contributed by atoms with E-state index in [1.54, 1.807) is 12.5 Å². The lowest BCUT2D eigenvalue weighted by atomic mass is 9.91. The number of likely N-dealkylation sites (tertiary alicyclic amines) is 1. The molecule has 1 N–H and O–H groups in total. The van der Waals surface area contributed by atoms with Crippen molar-refractivity contribution in [1.82, 2.24) is 10.2 Å². The van der Waals surface area contributed by atoms with Gasteiger partial charge in [0.1, 0.15) is 0 Å². The molecule has 1 aliphatic carbocycles. The molecule has 218 valence electrons. The highest BCUT2D eigenvalue weighted by Gasteiger charge is 2.30. The Balaban J connectivity index is 1.08. The molecule has 0 bridgehead atoms. The molecular weight excluding hydrogens is 528 g/mol. The normalized spacial score (nSPS) is 17.1. The summed E-state index contributed by atoms with van der Waals surface area (Å²) in [6.07, 6.45) is 11.0. The molecule has 1 saturated heterocycles. The summed E-state index contributed by atoms with van der Waals surface area (Å²) in [5, 5.41) is 3.20. The second kappa shape index (κ2) is 12.8. The minimum Gasteiger partial charge on any atom is -0.371 e. The third kappa shape index (κ3) is 6.80. The van der Waals surface area contributed by atoms with E-state index in [-0.39, 0.29) is 11.7 Å². The number of allylic oxidation sites excluding steroid dienone is 6. The number of nitrogens with zero attached hydrogens (tertiary/aromatic N) is 1. The number of piperidine rings is 1. The number of aryl methyl sites for hydroxylation is 1. The number of benzene rings is 3. The first-order valence-electron chi connectivity index (χ1n) is 15.6. The van der Waals surface area contributed by atoms with Crippen molar-refractivity contribution >= 4 is 23.0 Å². The highest BCUT2D eigenvalue weighted by molar-refractivity contribution is 6.02. The van der Waals surface area contributed by atoms with E-state index in [1.807, 2.05) is 42.5 Å². The number of carbonyl (C=O) groups is 2. The summed E-state index contributed by atoms with van der Waals surface area (Å²) in [6, 6.07) is 27.0. The van der Waals surface area contributed by atoms with Gasteiger partial charge in [-0.25, -0.2) is 0 Å². The van der Waals surface area contributed by atoms with E-state index in [0.29, 0.717) is 17.9 Å². The third-order valence-electron chi connectivity index (χ3n) is 8.93. The summed E-state index contributed by atoms with van der Waals surface area (Å²) in [6.45, 7) is 7.87. The molecule has 1 saturated carbocycles. The maximum Gasteiger partial charge on any atom is 0.256 e. The first-order chi connectivity index (χ1) is 21.0. The number of amides is 1. The predicted octanol–water partition coefficient (Wildman–Crippen LogP) is 7.93.